The van der Waals surface area contributed by atoms with Gasteiger partial charge in [-0.3, -0.25) is 4.79 Å². The number of sulfonamides is 1. The third kappa shape index (κ3) is 4.20. The van der Waals surface area contributed by atoms with E-state index in [1.54, 1.807) is 0 Å². The van der Waals surface area contributed by atoms with Crippen molar-refractivity contribution >= 4 is 15.9 Å². The van der Waals surface area contributed by atoms with Gasteiger partial charge in [0.05, 0.1) is 23.9 Å². The molecule has 0 spiro atoms. The minimum absolute atomic E-state index is 0.00555. The number of carbonyl (C=O) groups excluding carboxylic acids is 1. The van der Waals surface area contributed by atoms with Crippen LogP contribution in [0.5, 0.6) is 0 Å². The number of ether oxygens (including phenoxy) is 1. The number of rotatable bonds is 7. The Morgan fingerprint density at radius 3 is 2.73 bits per heavy atom. The lowest BCUT2D eigenvalue weighted by Crippen LogP contribution is -2.48. The van der Waals surface area contributed by atoms with Crippen LogP contribution >= 0.6 is 0 Å². The summed E-state index contributed by atoms with van der Waals surface area (Å²) in [4.78, 5) is 12.3. The standard InChI is InChI=1S/C15H28N2O4S/c1-4-5-6-22(19,20)17-9-12-7-13(14(10-17)21-12)15(18)16-8-11(2)3/h11-14H,4-10H2,1-3H3,(H,16,18)/t12-,13+,14-/m1/s1. The Hall–Kier alpha value is -0.660. The monoisotopic (exact) mass is 332 g/mol. The highest BCUT2D eigenvalue weighted by atomic mass is 32.2. The summed E-state index contributed by atoms with van der Waals surface area (Å²) in [5.74, 6) is 0.355. The van der Waals surface area contributed by atoms with Gasteiger partial charge in [0.1, 0.15) is 0 Å². The van der Waals surface area contributed by atoms with Gasteiger partial charge in [-0.15, -0.1) is 0 Å². The molecule has 6 nitrogen and oxygen atoms in total. The second-order valence-electron chi connectivity index (χ2n) is 6.76. The Labute approximate surface area is 133 Å². The molecule has 0 aromatic heterocycles. The Morgan fingerprint density at radius 1 is 1.36 bits per heavy atom. The van der Waals surface area contributed by atoms with E-state index in [9.17, 15) is 13.2 Å². The van der Waals surface area contributed by atoms with Gasteiger partial charge in [-0.1, -0.05) is 27.2 Å². The molecule has 7 heteroatoms. The highest BCUT2D eigenvalue weighted by Crippen LogP contribution is 2.33. The van der Waals surface area contributed by atoms with Gasteiger partial charge >= 0.3 is 0 Å². The Bertz CT molecular complexity index is 492. The second-order valence-corrected chi connectivity index (χ2v) is 8.85. The number of carbonyl (C=O) groups is 1. The van der Waals surface area contributed by atoms with Crippen LogP contribution in [-0.4, -0.2) is 56.2 Å². The maximum atomic E-state index is 12.3. The third-order valence-electron chi connectivity index (χ3n) is 4.29. The maximum Gasteiger partial charge on any atom is 0.225 e. The molecule has 2 aliphatic rings. The van der Waals surface area contributed by atoms with Crippen LogP contribution in [0.15, 0.2) is 0 Å². The van der Waals surface area contributed by atoms with Crippen molar-refractivity contribution in [2.75, 3.05) is 25.4 Å². The summed E-state index contributed by atoms with van der Waals surface area (Å²) in [5, 5.41) is 2.94. The molecule has 2 heterocycles. The van der Waals surface area contributed by atoms with E-state index in [0.29, 0.717) is 38.4 Å². The van der Waals surface area contributed by atoms with E-state index >= 15 is 0 Å². The molecule has 2 saturated heterocycles. The van der Waals surface area contributed by atoms with Crippen molar-refractivity contribution in [3.05, 3.63) is 0 Å². The molecule has 2 aliphatic heterocycles. The van der Waals surface area contributed by atoms with Crippen molar-refractivity contribution in [3.63, 3.8) is 0 Å². The van der Waals surface area contributed by atoms with Crippen molar-refractivity contribution in [2.45, 2.75) is 52.2 Å². The molecular weight excluding hydrogens is 304 g/mol. The summed E-state index contributed by atoms with van der Waals surface area (Å²) in [6.45, 7) is 7.41. The van der Waals surface area contributed by atoms with Crippen LogP contribution in [0, 0.1) is 11.8 Å². The summed E-state index contributed by atoms with van der Waals surface area (Å²) in [5.41, 5.74) is 0. The summed E-state index contributed by atoms with van der Waals surface area (Å²) < 4.78 is 32.0. The number of morpholine rings is 1. The van der Waals surface area contributed by atoms with E-state index < -0.39 is 10.0 Å². The quantitative estimate of drug-likeness (QED) is 0.754. The fourth-order valence-corrected chi connectivity index (χ4v) is 4.70. The van der Waals surface area contributed by atoms with Crippen molar-refractivity contribution in [2.24, 2.45) is 11.8 Å². The zero-order valence-electron chi connectivity index (χ0n) is 13.7. The van der Waals surface area contributed by atoms with E-state index in [2.05, 4.69) is 5.32 Å². The van der Waals surface area contributed by atoms with E-state index in [0.717, 1.165) is 6.42 Å². The highest BCUT2D eigenvalue weighted by Gasteiger charge is 2.47. The number of unbranched alkanes of at least 4 members (excludes halogenated alkanes) is 1. The molecule has 1 amide bonds. The van der Waals surface area contributed by atoms with Gasteiger partial charge in [0.15, 0.2) is 0 Å². The van der Waals surface area contributed by atoms with Crippen LogP contribution < -0.4 is 5.32 Å². The van der Waals surface area contributed by atoms with Crippen LogP contribution in [0.25, 0.3) is 0 Å². The molecule has 0 unspecified atom stereocenters. The number of hydrogen-bond acceptors (Lipinski definition) is 4. The molecular formula is C15H28N2O4S. The van der Waals surface area contributed by atoms with Crippen LogP contribution in [-0.2, 0) is 19.6 Å². The van der Waals surface area contributed by atoms with Crippen LogP contribution in [0.4, 0.5) is 0 Å². The van der Waals surface area contributed by atoms with E-state index in [-0.39, 0.29) is 29.8 Å². The summed E-state index contributed by atoms with van der Waals surface area (Å²) in [6, 6.07) is 0. The molecule has 2 bridgehead atoms. The molecule has 22 heavy (non-hydrogen) atoms. The minimum atomic E-state index is -3.22. The van der Waals surface area contributed by atoms with Crippen LogP contribution in [0.1, 0.15) is 40.0 Å². The first-order chi connectivity index (χ1) is 10.3. The summed E-state index contributed by atoms with van der Waals surface area (Å²) in [7, 11) is -3.22. The molecule has 0 saturated carbocycles. The minimum Gasteiger partial charge on any atom is -0.371 e. The van der Waals surface area contributed by atoms with E-state index in [1.165, 1.54) is 4.31 Å². The largest absolute Gasteiger partial charge is 0.371 e. The first-order valence-corrected chi connectivity index (χ1v) is 9.85. The second kappa shape index (κ2) is 7.27. The Balaban J connectivity index is 1.96. The van der Waals surface area contributed by atoms with Gasteiger partial charge < -0.3 is 10.1 Å². The number of nitrogens with zero attached hydrogens (tertiary/aromatic N) is 1. The Kier molecular flexibility index (Phi) is 5.85. The average molecular weight is 332 g/mol. The lowest BCUT2D eigenvalue weighted by atomic mass is 9.99. The average Bonchev–Trinajstić information content (AvgIpc) is 2.76. The summed E-state index contributed by atoms with van der Waals surface area (Å²) in [6.07, 6.45) is 1.70. The van der Waals surface area contributed by atoms with Gasteiger partial charge in [-0.05, 0) is 18.8 Å². The van der Waals surface area contributed by atoms with Crippen molar-refractivity contribution in [3.8, 4) is 0 Å². The van der Waals surface area contributed by atoms with Gasteiger partial charge in [-0.2, -0.15) is 4.31 Å². The van der Waals surface area contributed by atoms with Gasteiger partial charge in [0.2, 0.25) is 15.9 Å². The van der Waals surface area contributed by atoms with Crippen molar-refractivity contribution in [1.29, 1.82) is 0 Å². The zero-order chi connectivity index (χ0) is 16.3. The van der Waals surface area contributed by atoms with E-state index in [1.807, 2.05) is 20.8 Å². The smallest absolute Gasteiger partial charge is 0.225 e. The molecule has 2 rings (SSSR count). The normalized spacial score (nSPS) is 29.0. The predicted molar refractivity (Wildman–Crippen MR) is 84.9 cm³/mol. The number of hydrogen-bond donors (Lipinski definition) is 1. The fourth-order valence-electron chi connectivity index (χ4n) is 3.02. The number of amides is 1. The molecule has 1 N–H and O–H groups in total. The number of fused-ring (bicyclic) bond motifs is 2. The summed E-state index contributed by atoms with van der Waals surface area (Å²) >= 11 is 0. The van der Waals surface area contributed by atoms with Gasteiger partial charge in [0.25, 0.3) is 0 Å². The van der Waals surface area contributed by atoms with Gasteiger partial charge in [-0.25, -0.2) is 8.42 Å². The molecule has 0 aliphatic carbocycles. The highest BCUT2D eigenvalue weighted by molar-refractivity contribution is 7.89. The molecule has 0 aromatic carbocycles. The predicted octanol–water partition coefficient (Wildman–Crippen LogP) is 0.978. The molecule has 128 valence electrons. The molecule has 0 aromatic rings. The maximum absolute atomic E-state index is 12.3. The first kappa shape index (κ1) is 17.7. The third-order valence-corrected chi connectivity index (χ3v) is 6.18. The zero-order valence-corrected chi connectivity index (χ0v) is 14.6. The van der Waals surface area contributed by atoms with Crippen LogP contribution in [0.3, 0.4) is 0 Å². The molecule has 0 radical (unpaired) electrons. The van der Waals surface area contributed by atoms with Gasteiger partial charge in [0, 0.05) is 19.6 Å². The fraction of sp³-hybridized carbons (Fsp3) is 0.933. The van der Waals surface area contributed by atoms with E-state index in [4.69, 9.17) is 4.74 Å². The topological polar surface area (TPSA) is 75.7 Å². The molecule has 3 atom stereocenters. The lowest BCUT2D eigenvalue weighted by Gasteiger charge is -2.32. The Morgan fingerprint density at radius 2 is 2.09 bits per heavy atom. The SMILES string of the molecule is CCCCS(=O)(=O)N1C[C@H]2C[C@H](C(=O)NCC(C)C)[C@@H](C1)O2. The number of nitrogens with one attached hydrogen (secondary N) is 1. The first-order valence-electron chi connectivity index (χ1n) is 8.24. The molecule has 2 fully saturated rings. The van der Waals surface area contributed by atoms with Crippen molar-refractivity contribution in [1.82, 2.24) is 9.62 Å². The lowest BCUT2D eigenvalue weighted by molar-refractivity contribution is -0.127. The van der Waals surface area contributed by atoms with Crippen LogP contribution in [0.2, 0.25) is 0 Å². The van der Waals surface area contributed by atoms with Crippen molar-refractivity contribution < 1.29 is 17.9 Å².